The minimum atomic E-state index is 0.491. The highest BCUT2D eigenvalue weighted by Crippen LogP contribution is 2.25. The zero-order valence-corrected chi connectivity index (χ0v) is 15.9. The smallest absolute Gasteiger partial charge is 0.233 e. The highest BCUT2D eigenvalue weighted by atomic mass is 35.5. The van der Waals surface area contributed by atoms with E-state index in [0.717, 1.165) is 42.9 Å². The van der Waals surface area contributed by atoms with Crippen molar-refractivity contribution in [2.45, 2.75) is 19.8 Å². The Morgan fingerprint density at radius 3 is 2.19 bits per heavy atom. The average Bonchev–Trinajstić information content (AvgIpc) is 3.20. The van der Waals surface area contributed by atoms with Crippen molar-refractivity contribution in [3.8, 4) is 0 Å². The second-order valence-corrected chi connectivity index (χ2v) is 6.96. The number of benzene rings is 2. The zero-order chi connectivity index (χ0) is 18.6. The molecule has 138 valence electrons. The Kier molecular flexibility index (Phi) is 5.07. The van der Waals surface area contributed by atoms with Gasteiger partial charge in [-0.3, -0.25) is 0 Å². The van der Waals surface area contributed by atoms with Gasteiger partial charge in [0.15, 0.2) is 0 Å². The number of para-hydroxylation sites is 1. The summed E-state index contributed by atoms with van der Waals surface area (Å²) in [6.45, 7) is 3.90. The third-order valence-electron chi connectivity index (χ3n) is 4.47. The fraction of sp³-hybridized carbons (Fsp3) is 0.250. The van der Waals surface area contributed by atoms with Gasteiger partial charge in [-0.15, -0.1) is 0 Å². The summed E-state index contributed by atoms with van der Waals surface area (Å²) < 4.78 is 0. The minimum Gasteiger partial charge on any atom is -0.341 e. The normalized spacial score (nSPS) is 13.6. The molecule has 0 aliphatic carbocycles. The van der Waals surface area contributed by atoms with Crippen LogP contribution in [0.3, 0.4) is 0 Å². The van der Waals surface area contributed by atoms with Gasteiger partial charge in [0.25, 0.3) is 0 Å². The third kappa shape index (κ3) is 4.28. The molecular weight excluding hydrogens is 360 g/mol. The molecule has 0 radical (unpaired) electrons. The first-order valence-electron chi connectivity index (χ1n) is 9.04. The van der Waals surface area contributed by atoms with Crippen LogP contribution in [0, 0.1) is 6.92 Å². The van der Waals surface area contributed by atoms with Gasteiger partial charge in [0.1, 0.15) is 0 Å². The van der Waals surface area contributed by atoms with Crippen LogP contribution in [0.4, 0.5) is 29.2 Å². The molecular formula is C20H21ClN6. The standard InChI is InChI=1S/C20H21ClN6/c1-14-9-10-16(13-17(14)21)23-19-24-18(22-15-7-3-2-4-8-15)25-20(26-19)27-11-5-6-12-27/h2-4,7-10,13H,5-6,11-12H2,1H3,(H2,22,23,24,25,26). The summed E-state index contributed by atoms with van der Waals surface area (Å²) in [7, 11) is 0. The van der Waals surface area contributed by atoms with Crippen LogP contribution in [0.5, 0.6) is 0 Å². The van der Waals surface area contributed by atoms with Gasteiger partial charge >= 0.3 is 0 Å². The predicted molar refractivity (Wildman–Crippen MR) is 110 cm³/mol. The second kappa shape index (κ2) is 7.80. The summed E-state index contributed by atoms with van der Waals surface area (Å²) in [6.07, 6.45) is 2.31. The van der Waals surface area contributed by atoms with E-state index < -0.39 is 0 Å². The molecule has 7 heteroatoms. The quantitative estimate of drug-likeness (QED) is 0.654. The molecule has 6 nitrogen and oxygen atoms in total. The summed E-state index contributed by atoms with van der Waals surface area (Å²) in [5.41, 5.74) is 2.80. The molecule has 1 aliphatic heterocycles. The van der Waals surface area contributed by atoms with Gasteiger partial charge in [-0.25, -0.2) is 0 Å². The molecule has 1 aliphatic rings. The maximum atomic E-state index is 6.24. The Morgan fingerprint density at radius 1 is 0.852 bits per heavy atom. The first-order chi connectivity index (χ1) is 13.2. The maximum Gasteiger partial charge on any atom is 0.233 e. The Balaban J connectivity index is 1.65. The average molecular weight is 381 g/mol. The van der Waals surface area contributed by atoms with Crippen molar-refractivity contribution in [2.75, 3.05) is 28.6 Å². The lowest BCUT2D eigenvalue weighted by Gasteiger charge is -2.17. The third-order valence-corrected chi connectivity index (χ3v) is 4.88. The van der Waals surface area contributed by atoms with Crippen LogP contribution in [0.15, 0.2) is 48.5 Å². The molecule has 1 saturated heterocycles. The largest absolute Gasteiger partial charge is 0.341 e. The van der Waals surface area contributed by atoms with Gasteiger partial charge < -0.3 is 15.5 Å². The molecule has 0 bridgehead atoms. The van der Waals surface area contributed by atoms with Crippen molar-refractivity contribution in [1.29, 1.82) is 0 Å². The summed E-state index contributed by atoms with van der Waals surface area (Å²) in [5, 5.41) is 7.21. The summed E-state index contributed by atoms with van der Waals surface area (Å²) >= 11 is 6.24. The Hall–Kier alpha value is -2.86. The van der Waals surface area contributed by atoms with Crippen LogP contribution in [-0.2, 0) is 0 Å². The summed E-state index contributed by atoms with van der Waals surface area (Å²) in [5.74, 6) is 1.69. The molecule has 3 aromatic rings. The molecule has 0 unspecified atom stereocenters. The fourth-order valence-corrected chi connectivity index (χ4v) is 3.17. The monoisotopic (exact) mass is 380 g/mol. The molecule has 0 saturated carbocycles. The summed E-state index contributed by atoms with van der Waals surface area (Å²) in [6, 6.07) is 15.7. The van der Waals surface area contributed by atoms with Crippen LogP contribution in [0.25, 0.3) is 0 Å². The van der Waals surface area contributed by atoms with E-state index in [4.69, 9.17) is 11.6 Å². The van der Waals surface area contributed by atoms with Crippen LogP contribution in [-0.4, -0.2) is 28.0 Å². The van der Waals surface area contributed by atoms with Crippen LogP contribution >= 0.6 is 11.6 Å². The van der Waals surface area contributed by atoms with Crippen molar-refractivity contribution in [3.05, 3.63) is 59.1 Å². The van der Waals surface area contributed by atoms with Gasteiger partial charge in [-0.1, -0.05) is 35.9 Å². The van der Waals surface area contributed by atoms with Gasteiger partial charge in [0.2, 0.25) is 17.8 Å². The van der Waals surface area contributed by atoms with Crippen molar-refractivity contribution >= 4 is 40.8 Å². The molecule has 4 rings (SSSR count). The van der Waals surface area contributed by atoms with E-state index in [1.807, 2.05) is 55.5 Å². The van der Waals surface area contributed by atoms with Crippen LogP contribution < -0.4 is 15.5 Å². The number of nitrogens with zero attached hydrogens (tertiary/aromatic N) is 4. The highest BCUT2D eigenvalue weighted by Gasteiger charge is 2.17. The fourth-order valence-electron chi connectivity index (χ4n) is 2.99. The Labute approximate surface area is 163 Å². The maximum absolute atomic E-state index is 6.24. The number of rotatable bonds is 5. The Morgan fingerprint density at radius 2 is 1.52 bits per heavy atom. The van der Waals surface area contributed by atoms with Crippen molar-refractivity contribution in [1.82, 2.24) is 15.0 Å². The van der Waals surface area contributed by atoms with Crippen molar-refractivity contribution < 1.29 is 0 Å². The molecule has 2 N–H and O–H groups in total. The lowest BCUT2D eigenvalue weighted by molar-refractivity contribution is 0.886. The van der Waals surface area contributed by atoms with Crippen molar-refractivity contribution in [2.24, 2.45) is 0 Å². The van der Waals surface area contributed by atoms with Crippen molar-refractivity contribution in [3.63, 3.8) is 0 Å². The van der Waals surface area contributed by atoms with Crippen LogP contribution in [0.2, 0.25) is 5.02 Å². The number of anilines is 5. The molecule has 2 aromatic carbocycles. The number of hydrogen-bond donors (Lipinski definition) is 2. The zero-order valence-electron chi connectivity index (χ0n) is 15.1. The van der Waals surface area contributed by atoms with E-state index in [-0.39, 0.29) is 0 Å². The van der Waals surface area contributed by atoms with E-state index in [9.17, 15) is 0 Å². The molecule has 2 heterocycles. The number of halogens is 1. The minimum absolute atomic E-state index is 0.491. The number of nitrogens with one attached hydrogen (secondary N) is 2. The van der Waals surface area contributed by atoms with E-state index >= 15 is 0 Å². The highest BCUT2D eigenvalue weighted by molar-refractivity contribution is 6.31. The topological polar surface area (TPSA) is 66.0 Å². The van der Waals surface area contributed by atoms with E-state index in [1.165, 1.54) is 0 Å². The van der Waals surface area contributed by atoms with Gasteiger partial charge in [0, 0.05) is 29.5 Å². The summed E-state index contributed by atoms with van der Waals surface area (Å²) in [4.78, 5) is 15.9. The van der Waals surface area contributed by atoms with E-state index in [2.05, 4.69) is 30.5 Å². The molecule has 0 spiro atoms. The predicted octanol–water partition coefficient (Wildman–Crippen LogP) is 4.92. The molecule has 1 fully saturated rings. The molecule has 27 heavy (non-hydrogen) atoms. The van der Waals surface area contributed by atoms with Crippen LogP contribution in [0.1, 0.15) is 18.4 Å². The number of aromatic nitrogens is 3. The lowest BCUT2D eigenvalue weighted by Crippen LogP contribution is -2.21. The molecule has 0 amide bonds. The van der Waals surface area contributed by atoms with Gasteiger partial charge in [-0.2, -0.15) is 15.0 Å². The van der Waals surface area contributed by atoms with Gasteiger partial charge in [0.05, 0.1) is 0 Å². The number of hydrogen-bond acceptors (Lipinski definition) is 6. The number of aryl methyl sites for hydroxylation is 1. The first kappa shape index (κ1) is 17.5. The molecule has 1 aromatic heterocycles. The first-order valence-corrected chi connectivity index (χ1v) is 9.41. The van der Waals surface area contributed by atoms with Gasteiger partial charge in [-0.05, 0) is 49.6 Å². The lowest BCUT2D eigenvalue weighted by atomic mass is 10.2. The second-order valence-electron chi connectivity index (χ2n) is 6.56. The van der Waals surface area contributed by atoms with E-state index in [1.54, 1.807) is 0 Å². The SMILES string of the molecule is Cc1ccc(Nc2nc(Nc3ccccc3)nc(N3CCCC3)n2)cc1Cl. The van der Waals surface area contributed by atoms with E-state index in [0.29, 0.717) is 22.9 Å². The molecule has 0 atom stereocenters. The Bertz CT molecular complexity index is 925.